The lowest BCUT2D eigenvalue weighted by Gasteiger charge is -2.49. The number of morpholine rings is 1. The molecule has 3 aliphatic heterocycles. The van der Waals surface area contributed by atoms with E-state index >= 15 is 4.39 Å². The standard InChI is InChI=1S/C43H47ClFN5O4/c1-26-19-27-9-7-8-12-29(27)30(20-26)35-32(44)21-31-37(36(35)45)46-41(54-25-43(13-14-43)24-48-15-17-53-18-16-48)47-40(31)49-22-33-38(51)39(52)34(23-49)50(33)42(2,3)28-10-5-4-6-11-28/h4-12,19-21,33-34,38-39,51-52H,13-18,22-25H2,1-3H3. The quantitative estimate of drug-likeness (QED) is 0.174. The number of rotatable bonds is 9. The highest BCUT2D eigenvalue weighted by molar-refractivity contribution is 6.35. The van der Waals surface area contributed by atoms with Crippen LogP contribution in [0.15, 0.2) is 72.8 Å². The Kier molecular flexibility index (Phi) is 9.07. The molecule has 11 heteroatoms. The molecular weight excluding hydrogens is 705 g/mol. The monoisotopic (exact) mass is 751 g/mol. The Morgan fingerprint density at radius 3 is 2.31 bits per heavy atom. The van der Waals surface area contributed by atoms with Crippen LogP contribution in [0.1, 0.15) is 37.8 Å². The number of hydrogen-bond donors (Lipinski definition) is 2. The lowest BCUT2D eigenvalue weighted by Crippen LogP contribution is -2.61. The van der Waals surface area contributed by atoms with Crippen molar-refractivity contribution in [1.82, 2.24) is 19.8 Å². The van der Waals surface area contributed by atoms with E-state index < -0.39 is 35.6 Å². The van der Waals surface area contributed by atoms with Gasteiger partial charge in [0, 0.05) is 54.6 Å². The zero-order valence-corrected chi connectivity index (χ0v) is 31.8. The molecule has 4 aliphatic rings. The highest BCUT2D eigenvalue weighted by atomic mass is 35.5. The van der Waals surface area contributed by atoms with Crippen LogP contribution in [-0.4, -0.2) is 107 Å². The van der Waals surface area contributed by atoms with Gasteiger partial charge >= 0.3 is 6.01 Å². The number of aliphatic hydroxyl groups is 2. The second kappa shape index (κ2) is 13.7. The average Bonchev–Trinajstić information content (AvgIpc) is 3.92. The van der Waals surface area contributed by atoms with Crippen molar-refractivity contribution in [3.05, 3.63) is 94.8 Å². The zero-order chi connectivity index (χ0) is 37.4. The van der Waals surface area contributed by atoms with Crippen LogP contribution in [0.3, 0.4) is 0 Å². The molecule has 4 heterocycles. The number of piperazine rings is 1. The van der Waals surface area contributed by atoms with Gasteiger partial charge in [0.1, 0.15) is 11.3 Å². The fraction of sp³-hybridized carbons (Fsp3) is 0.442. The van der Waals surface area contributed by atoms with Crippen molar-refractivity contribution in [3.8, 4) is 17.1 Å². The van der Waals surface area contributed by atoms with E-state index in [1.807, 2.05) is 60.4 Å². The van der Waals surface area contributed by atoms with E-state index in [2.05, 4.69) is 41.8 Å². The van der Waals surface area contributed by atoms with Gasteiger partial charge in [0.25, 0.3) is 0 Å². The minimum absolute atomic E-state index is 0.0119. The van der Waals surface area contributed by atoms with Gasteiger partial charge in [-0.3, -0.25) is 9.80 Å². The molecule has 2 N–H and O–H groups in total. The van der Waals surface area contributed by atoms with Gasteiger partial charge in [0.05, 0.1) is 49.1 Å². The molecule has 1 saturated carbocycles. The van der Waals surface area contributed by atoms with Gasteiger partial charge in [-0.15, -0.1) is 0 Å². The first kappa shape index (κ1) is 35.8. The second-order valence-electron chi connectivity index (χ2n) is 16.3. The lowest BCUT2D eigenvalue weighted by molar-refractivity contribution is 0.0208. The molecule has 0 radical (unpaired) electrons. The fourth-order valence-electron chi connectivity index (χ4n) is 9.30. The predicted molar refractivity (Wildman–Crippen MR) is 210 cm³/mol. The van der Waals surface area contributed by atoms with Gasteiger partial charge in [-0.2, -0.15) is 9.97 Å². The number of fused-ring (bicyclic) bond motifs is 4. The number of benzene rings is 4. The lowest BCUT2D eigenvalue weighted by atomic mass is 9.89. The second-order valence-corrected chi connectivity index (χ2v) is 16.7. The Bertz CT molecular complexity index is 2190. The summed E-state index contributed by atoms with van der Waals surface area (Å²) in [6.07, 6.45) is 0.112. The maximum Gasteiger partial charge on any atom is 0.319 e. The van der Waals surface area contributed by atoms with Gasteiger partial charge in [0.2, 0.25) is 0 Å². The SMILES string of the molecule is Cc1cc(-c2c(Cl)cc3c(N4CC5C(O)C(O)C(C4)N5C(C)(C)c4ccccc4)nc(OCC4(CN5CCOCC5)CC4)nc3c2F)c2ccccc2c1. The minimum atomic E-state index is -0.983. The Morgan fingerprint density at radius 2 is 1.61 bits per heavy atom. The molecular formula is C43H47ClFN5O4. The van der Waals surface area contributed by atoms with Gasteiger partial charge in [-0.25, -0.2) is 4.39 Å². The first-order chi connectivity index (χ1) is 26.0. The Labute approximate surface area is 320 Å². The van der Waals surface area contributed by atoms with Crippen LogP contribution in [0.25, 0.3) is 32.8 Å². The van der Waals surface area contributed by atoms with E-state index in [9.17, 15) is 10.2 Å². The molecule has 3 saturated heterocycles. The minimum Gasteiger partial charge on any atom is -0.463 e. The molecule has 4 unspecified atom stereocenters. The first-order valence-electron chi connectivity index (χ1n) is 19.1. The van der Waals surface area contributed by atoms with E-state index in [-0.39, 0.29) is 27.5 Å². The van der Waals surface area contributed by atoms with E-state index in [1.54, 1.807) is 6.07 Å². The summed E-state index contributed by atoms with van der Waals surface area (Å²) < 4.78 is 29.4. The highest BCUT2D eigenvalue weighted by Crippen LogP contribution is 2.48. The molecule has 54 heavy (non-hydrogen) atoms. The Balaban J connectivity index is 1.13. The molecule has 4 fully saturated rings. The van der Waals surface area contributed by atoms with E-state index in [1.165, 1.54) is 0 Å². The molecule has 282 valence electrons. The number of aromatic nitrogens is 2. The molecule has 0 spiro atoms. The number of aryl methyl sites for hydroxylation is 1. The molecule has 1 aromatic heterocycles. The van der Waals surface area contributed by atoms with Crippen LogP contribution >= 0.6 is 11.6 Å². The predicted octanol–water partition coefficient (Wildman–Crippen LogP) is 6.57. The number of anilines is 1. The first-order valence-corrected chi connectivity index (χ1v) is 19.5. The molecule has 9 nitrogen and oxygen atoms in total. The van der Waals surface area contributed by atoms with Crippen LogP contribution in [-0.2, 0) is 10.3 Å². The van der Waals surface area contributed by atoms with Crippen LogP contribution in [0.2, 0.25) is 5.02 Å². The maximum atomic E-state index is 17.3. The largest absolute Gasteiger partial charge is 0.463 e. The summed E-state index contributed by atoms with van der Waals surface area (Å²) >= 11 is 7.09. The van der Waals surface area contributed by atoms with E-state index in [4.69, 9.17) is 31.0 Å². The smallest absolute Gasteiger partial charge is 0.319 e. The summed E-state index contributed by atoms with van der Waals surface area (Å²) in [4.78, 5) is 16.5. The Hall–Kier alpha value is -3.90. The maximum absolute atomic E-state index is 17.3. The Morgan fingerprint density at radius 1 is 0.926 bits per heavy atom. The number of nitrogens with zero attached hydrogens (tertiary/aromatic N) is 5. The molecule has 0 amide bonds. The molecule has 4 atom stereocenters. The van der Waals surface area contributed by atoms with Crippen molar-refractivity contribution in [3.63, 3.8) is 0 Å². The van der Waals surface area contributed by atoms with Crippen LogP contribution in [0, 0.1) is 18.2 Å². The summed E-state index contributed by atoms with van der Waals surface area (Å²) in [6.45, 7) is 11.5. The zero-order valence-electron chi connectivity index (χ0n) is 31.0. The highest BCUT2D eigenvalue weighted by Gasteiger charge is 2.57. The fourth-order valence-corrected chi connectivity index (χ4v) is 9.60. The third-order valence-electron chi connectivity index (χ3n) is 12.3. The number of hydrogen-bond acceptors (Lipinski definition) is 9. The molecule has 1 aliphatic carbocycles. The van der Waals surface area contributed by atoms with Gasteiger partial charge in [-0.05, 0) is 67.1 Å². The van der Waals surface area contributed by atoms with E-state index in [0.717, 1.165) is 67.6 Å². The summed E-state index contributed by atoms with van der Waals surface area (Å²) in [5.74, 6) is -0.0639. The van der Waals surface area contributed by atoms with Crippen LogP contribution in [0.5, 0.6) is 6.01 Å². The van der Waals surface area contributed by atoms with Crippen molar-refractivity contribution in [2.24, 2.45) is 5.41 Å². The number of ether oxygens (including phenoxy) is 2. The van der Waals surface area contributed by atoms with Gasteiger partial charge in [0.15, 0.2) is 5.82 Å². The summed E-state index contributed by atoms with van der Waals surface area (Å²) in [5.41, 5.74) is 2.69. The van der Waals surface area contributed by atoms with E-state index in [0.29, 0.717) is 36.5 Å². The average molecular weight is 752 g/mol. The van der Waals surface area contributed by atoms with Crippen molar-refractivity contribution in [1.29, 1.82) is 0 Å². The van der Waals surface area contributed by atoms with Crippen molar-refractivity contribution >= 4 is 39.1 Å². The summed E-state index contributed by atoms with van der Waals surface area (Å²) in [5, 5.41) is 25.6. The molecule has 5 aromatic rings. The van der Waals surface area contributed by atoms with Crippen LogP contribution < -0.4 is 9.64 Å². The molecule has 4 aromatic carbocycles. The van der Waals surface area contributed by atoms with Crippen molar-refractivity contribution < 1.29 is 24.1 Å². The number of aliphatic hydroxyl groups excluding tert-OH is 2. The topological polar surface area (TPSA) is 94.4 Å². The van der Waals surface area contributed by atoms with Crippen molar-refractivity contribution in [2.75, 3.05) is 57.4 Å². The third-order valence-corrected chi connectivity index (χ3v) is 12.6. The number of halogens is 2. The summed E-state index contributed by atoms with van der Waals surface area (Å²) in [7, 11) is 0. The van der Waals surface area contributed by atoms with Crippen molar-refractivity contribution in [2.45, 2.75) is 63.4 Å². The normalized spacial score (nSPS) is 24.4. The molecule has 2 bridgehead atoms. The van der Waals surface area contributed by atoms with Crippen LogP contribution in [0.4, 0.5) is 10.2 Å². The third kappa shape index (κ3) is 6.21. The van der Waals surface area contributed by atoms with Gasteiger partial charge < -0.3 is 24.6 Å². The van der Waals surface area contributed by atoms with Gasteiger partial charge in [-0.1, -0.05) is 78.3 Å². The summed E-state index contributed by atoms with van der Waals surface area (Å²) in [6, 6.07) is 23.2. The molecule has 9 rings (SSSR count).